The van der Waals surface area contributed by atoms with Gasteiger partial charge in [-0.2, -0.15) is 5.26 Å². The van der Waals surface area contributed by atoms with E-state index in [1.807, 2.05) is 72.8 Å². The van der Waals surface area contributed by atoms with Crippen LogP contribution in [0.1, 0.15) is 27.8 Å². The molecule has 5 nitrogen and oxygen atoms in total. The highest BCUT2D eigenvalue weighted by molar-refractivity contribution is 5.89. The van der Waals surface area contributed by atoms with Gasteiger partial charge in [-0.25, -0.2) is 15.0 Å². The van der Waals surface area contributed by atoms with Gasteiger partial charge in [0.25, 0.3) is 0 Å². The van der Waals surface area contributed by atoms with E-state index in [1.54, 1.807) is 0 Å². The largest absolute Gasteiger partial charge is 0.457 e. The molecule has 2 heterocycles. The first-order valence-corrected chi connectivity index (χ1v) is 19.3. The summed E-state index contributed by atoms with van der Waals surface area (Å²) in [5.74, 6) is 3.34. The fourth-order valence-corrected chi connectivity index (χ4v) is 8.82. The molecule has 1 aliphatic carbocycles. The van der Waals surface area contributed by atoms with Gasteiger partial charge in [-0.05, 0) is 74.8 Å². The van der Waals surface area contributed by atoms with Crippen LogP contribution in [0.2, 0.25) is 0 Å². The van der Waals surface area contributed by atoms with Gasteiger partial charge in [-0.1, -0.05) is 164 Å². The zero-order valence-corrected chi connectivity index (χ0v) is 31.2. The van der Waals surface area contributed by atoms with E-state index in [9.17, 15) is 5.26 Å². The fourth-order valence-electron chi connectivity index (χ4n) is 8.82. The summed E-state index contributed by atoms with van der Waals surface area (Å²) >= 11 is 0. The molecular weight excluding hydrogens is 709 g/mol. The molecule has 0 bridgehead atoms. The maximum absolute atomic E-state index is 9.91. The van der Waals surface area contributed by atoms with Crippen LogP contribution in [0.25, 0.3) is 67.5 Å². The smallest absolute Gasteiger partial charge is 0.164 e. The number of rotatable bonds is 5. The summed E-state index contributed by atoms with van der Waals surface area (Å²) in [5.41, 5.74) is 13.9. The van der Waals surface area contributed by atoms with Gasteiger partial charge in [-0.15, -0.1) is 0 Å². The van der Waals surface area contributed by atoms with Crippen LogP contribution in [-0.2, 0) is 5.41 Å². The lowest BCUT2D eigenvalue weighted by molar-refractivity contribution is 0.436. The molecular formula is C53H32N4O. The van der Waals surface area contributed by atoms with E-state index in [-0.39, 0.29) is 0 Å². The molecule has 270 valence electrons. The molecule has 0 amide bonds. The third-order valence-electron chi connectivity index (χ3n) is 11.4. The van der Waals surface area contributed by atoms with Crippen molar-refractivity contribution in [2.45, 2.75) is 5.41 Å². The molecule has 0 saturated heterocycles. The van der Waals surface area contributed by atoms with Gasteiger partial charge in [0, 0.05) is 27.8 Å². The van der Waals surface area contributed by atoms with Gasteiger partial charge in [0.15, 0.2) is 17.5 Å². The fraction of sp³-hybridized carbons (Fsp3) is 0.0189. The quantitative estimate of drug-likeness (QED) is 0.176. The number of aromatic nitrogens is 3. The van der Waals surface area contributed by atoms with Crippen LogP contribution in [0.5, 0.6) is 11.5 Å². The first-order chi connectivity index (χ1) is 28.7. The molecule has 1 aliphatic heterocycles. The first-order valence-electron chi connectivity index (χ1n) is 19.3. The van der Waals surface area contributed by atoms with E-state index in [2.05, 4.69) is 127 Å². The molecule has 0 N–H and O–H groups in total. The number of benzene rings is 8. The molecule has 9 aromatic rings. The number of nitriles is 1. The summed E-state index contributed by atoms with van der Waals surface area (Å²) in [7, 11) is 0. The molecule has 1 spiro atoms. The number of nitrogens with zero attached hydrogens (tertiary/aromatic N) is 4. The first kappa shape index (κ1) is 33.4. The Kier molecular flexibility index (Phi) is 7.70. The standard InChI is InChI=1S/C53H32N4O/c54-33-34-25-27-46-48(29-34)58-49-32-40(26-28-47(49)53(46)44-23-9-7-21-42(44)43-22-8-10-24-45(43)53)38-18-11-17-37(30-38)39-19-12-20-41(31-39)52-56-50(35-13-3-1-4-14-35)55-51(57-52)36-15-5-2-6-16-36/h1-32H. The van der Waals surface area contributed by atoms with E-state index >= 15 is 0 Å². The van der Waals surface area contributed by atoms with Crippen LogP contribution >= 0.6 is 0 Å². The summed E-state index contributed by atoms with van der Waals surface area (Å²) in [6, 6.07) is 69.1. The third kappa shape index (κ3) is 5.27. The SMILES string of the molecule is N#Cc1ccc2c(c1)Oc1cc(-c3cccc(-c4cccc(-c5nc(-c6ccccc6)nc(-c6ccccc6)n5)c4)c3)ccc1C21c2ccccc2-c2ccccc21. The molecule has 0 radical (unpaired) electrons. The summed E-state index contributed by atoms with van der Waals surface area (Å²) < 4.78 is 6.79. The van der Waals surface area contributed by atoms with Crippen molar-refractivity contribution >= 4 is 0 Å². The molecule has 58 heavy (non-hydrogen) atoms. The highest BCUT2D eigenvalue weighted by atomic mass is 16.5. The number of ether oxygens (including phenoxy) is 1. The normalized spacial score (nSPS) is 12.7. The Balaban J connectivity index is 1.01. The predicted molar refractivity (Wildman–Crippen MR) is 229 cm³/mol. The van der Waals surface area contributed by atoms with Gasteiger partial charge in [0.1, 0.15) is 11.5 Å². The number of hydrogen-bond donors (Lipinski definition) is 0. The van der Waals surface area contributed by atoms with Crippen molar-refractivity contribution in [1.29, 1.82) is 5.26 Å². The lowest BCUT2D eigenvalue weighted by Gasteiger charge is -2.39. The highest BCUT2D eigenvalue weighted by Crippen LogP contribution is 2.62. The van der Waals surface area contributed by atoms with Crippen LogP contribution in [0.15, 0.2) is 194 Å². The monoisotopic (exact) mass is 740 g/mol. The van der Waals surface area contributed by atoms with Crippen LogP contribution in [0.4, 0.5) is 0 Å². The molecule has 0 unspecified atom stereocenters. The Labute approximate surface area is 336 Å². The minimum atomic E-state index is -0.597. The van der Waals surface area contributed by atoms with E-state index in [0.29, 0.717) is 28.8 Å². The van der Waals surface area contributed by atoms with Crippen LogP contribution in [-0.4, -0.2) is 15.0 Å². The van der Waals surface area contributed by atoms with Crippen molar-refractivity contribution < 1.29 is 4.74 Å². The van der Waals surface area contributed by atoms with Gasteiger partial charge < -0.3 is 4.74 Å². The van der Waals surface area contributed by atoms with Crippen molar-refractivity contribution in [1.82, 2.24) is 15.0 Å². The second kappa shape index (κ2) is 13.4. The van der Waals surface area contributed by atoms with Crippen molar-refractivity contribution in [3.05, 3.63) is 222 Å². The van der Waals surface area contributed by atoms with Gasteiger partial charge >= 0.3 is 0 Å². The highest BCUT2D eigenvalue weighted by Gasteiger charge is 2.51. The maximum Gasteiger partial charge on any atom is 0.164 e. The second-order valence-electron chi connectivity index (χ2n) is 14.7. The lowest BCUT2D eigenvalue weighted by Crippen LogP contribution is -2.32. The van der Waals surface area contributed by atoms with Crippen molar-refractivity contribution in [2.75, 3.05) is 0 Å². The Morgan fingerprint density at radius 3 is 1.36 bits per heavy atom. The molecule has 1 aromatic heterocycles. The van der Waals surface area contributed by atoms with E-state index in [4.69, 9.17) is 19.7 Å². The minimum absolute atomic E-state index is 0.563. The van der Waals surface area contributed by atoms with Gasteiger partial charge in [-0.3, -0.25) is 0 Å². The molecule has 5 heteroatoms. The summed E-state index contributed by atoms with van der Waals surface area (Å²) in [6.45, 7) is 0. The van der Waals surface area contributed by atoms with Gasteiger partial charge in [0.2, 0.25) is 0 Å². The average Bonchev–Trinajstić information content (AvgIpc) is 3.59. The predicted octanol–water partition coefficient (Wildman–Crippen LogP) is 12.5. The molecule has 2 aliphatic rings. The zero-order chi connectivity index (χ0) is 38.6. The molecule has 8 aromatic carbocycles. The van der Waals surface area contributed by atoms with Crippen molar-refractivity contribution in [3.8, 4) is 85.1 Å². The molecule has 11 rings (SSSR count). The second-order valence-corrected chi connectivity index (χ2v) is 14.7. The van der Waals surface area contributed by atoms with Gasteiger partial charge in [0.05, 0.1) is 17.0 Å². The van der Waals surface area contributed by atoms with E-state index < -0.39 is 5.41 Å². The summed E-state index contributed by atoms with van der Waals surface area (Å²) in [6.07, 6.45) is 0. The Morgan fingerprint density at radius 2 is 0.793 bits per heavy atom. The van der Waals surface area contributed by atoms with Crippen LogP contribution in [0.3, 0.4) is 0 Å². The molecule has 0 fully saturated rings. The van der Waals surface area contributed by atoms with E-state index in [1.165, 1.54) is 22.3 Å². The van der Waals surface area contributed by atoms with Crippen LogP contribution < -0.4 is 4.74 Å². The Hall–Kier alpha value is -7.94. The third-order valence-corrected chi connectivity index (χ3v) is 11.4. The van der Waals surface area contributed by atoms with Crippen LogP contribution in [0, 0.1) is 11.3 Å². The number of fused-ring (bicyclic) bond motifs is 9. The Morgan fingerprint density at radius 1 is 0.362 bits per heavy atom. The minimum Gasteiger partial charge on any atom is -0.457 e. The van der Waals surface area contributed by atoms with Crippen molar-refractivity contribution in [3.63, 3.8) is 0 Å². The Bertz CT molecular complexity index is 3010. The topological polar surface area (TPSA) is 71.7 Å². The zero-order valence-electron chi connectivity index (χ0n) is 31.2. The average molecular weight is 741 g/mol. The molecule has 0 atom stereocenters. The number of hydrogen-bond acceptors (Lipinski definition) is 5. The maximum atomic E-state index is 9.91. The summed E-state index contributed by atoms with van der Waals surface area (Å²) in [4.78, 5) is 14.8. The van der Waals surface area contributed by atoms with Crippen molar-refractivity contribution in [2.24, 2.45) is 0 Å². The molecule has 0 saturated carbocycles. The summed E-state index contributed by atoms with van der Waals surface area (Å²) in [5, 5.41) is 9.91. The van der Waals surface area contributed by atoms with E-state index in [0.717, 1.165) is 55.8 Å². The lowest BCUT2D eigenvalue weighted by atomic mass is 9.66.